The van der Waals surface area contributed by atoms with Crippen molar-refractivity contribution in [1.82, 2.24) is 20.5 Å². The number of carbonyl (C=O) groups is 2. The van der Waals surface area contributed by atoms with Crippen molar-refractivity contribution in [2.75, 3.05) is 39.5 Å². The second kappa shape index (κ2) is 7.20. The third kappa shape index (κ3) is 4.82. The van der Waals surface area contributed by atoms with Gasteiger partial charge in [0, 0.05) is 46.1 Å². The molecule has 0 aliphatic carbocycles. The summed E-state index contributed by atoms with van der Waals surface area (Å²) < 4.78 is 0. The summed E-state index contributed by atoms with van der Waals surface area (Å²) >= 11 is 0. The monoisotopic (exact) mass is 265 g/mol. The van der Waals surface area contributed by atoms with Crippen molar-refractivity contribution in [3.05, 3.63) is 24.0 Å². The first-order valence-corrected chi connectivity index (χ1v) is 5.91. The maximum absolute atomic E-state index is 11.4. The molecule has 1 aromatic heterocycles. The summed E-state index contributed by atoms with van der Waals surface area (Å²) in [6.07, 6.45) is 1.56. The summed E-state index contributed by atoms with van der Waals surface area (Å²) in [6, 6.07) is 3.29. The number of urea groups is 1. The van der Waals surface area contributed by atoms with Crippen LogP contribution in [0.3, 0.4) is 0 Å². The second-order valence-corrected chi connectivity index (χ2v) is 4.06. The van der Waals surface area contributed by atoms with Crippen LogP contribution in [0.4, 0.5) is 10.5 Å². The number of nitrogens with one attached hydrogen (secondary N) is 3. The topological polar surface area (TPSA) is 86.4 Å². The van der Waals surface area contributed by atoms with Crippen LogP contribution in [0, 0.1) is 0 Å². The summed E-state index contributed by atoms with van der Waals surface area (Å²) in [5.41, 5.74) is 1.14. The lowest BCUT2D eigenvalue weighted by molar-refractivity contribution is 0.0958. The molecule has 19 heavy (non-hydrogen) atoms. The maximum atomic E-state index is 11.4. The summed E-state index contributed by atoms with van der Waals surface area (Å²) in [5.74, 6) is -0.232. The van der Waals surface area contributed by atoms with Crippen molar-refractivity contribution in [3.8, 4) is 0 Å². The average molecular weight is 265 g/mol. The normalized spacial score (nSPS) is 9.63. The van der Waals surface area contributed by atoms with Crippen molar-refractivity contribution in [2.45, 2.75) is 0 Å². The van der Waals surface area contributed by atoms with Gasteiger partial charge in [-0.05, 0) is 12.1 Å². The van der Waals surface area contributed by atoms with Crippen LogP contribution < -0.4 is 16.0 Å². The van der Waals surface area contributed by atoms with E-state index in [0.717, 1.165) is 5.69 Å². The Kier molecular flexibility index (Phi) is 5.59. The standard InChI is InChI=1S/C12H19N5O2/c1-13-11(18)10-8-9(4-5-15-10)14-6-7-16-12(19)17(2)3/h4-5,8H,6-7H2,1-3H3,(H,13,18)(H,14,15)(H,16,19). The van der Waals surface area contributed by atoms with E-state index in [2.05, 4.69) is 20.9 Å². The average Bonchev–Trinajstić information content (AvgIpc) is 2.42. The zero-order chi connectivity index (χ0) is 14.3. The fourth-order valence-corrected chi connectivity index (χ4v) is 1.33. The number of pyridine rings is 1. The molecule has 0 aromatic carbocycles. The number of aromatic nitrogens is 1. The molecule has 1 heterocycles. The lowest BCUT2D eigenvalue weighted by Crippen LogP contribution is -2.37. The molecule has 7 heteroatoms. The Balaban J connectivity index is 2.41. The van der Waals surface area contributed by atoms with E-state index >= 15 is 0 Å². The van der Waals surface area contributed by atoms with Crippen LogP contribution in [0.1, 0.15) is 10.5 Å². The van der Waals surface area contributed by atoms with Gasteiger partial charge in [0.1, 0.15) is 5.69 Å². The van der Waals surface area contributed by atoms with E-state index in [1.54, 1.807) is 39.5 Å². The SMILES string of the molecule is CNC(=O)c1cc(NCCNC(=O)N(C)C)ccn1. The predicted octanol–water partition coefficient (Wildman–Crippen LogP) is 0.124. The van der Waals surface area contributed by atoms with Crippen LogP contribution in [0.2, 0.25) is 0 Å². The van der Waals surface area contributed by atoms with Crippen molar-refractivity contribution in [3.63, 3.8) is 0 Å². The van der Waals surface area contributed by atoms with Gasteiger partial charge in [0.05, 0.1) is 0 Å². The van der Waals surface area contributed by atoms with Gasteiger partial charge in [-0.3, -0.25) is 9.78 Å². The number of anilines is 1. The Morgan fingerprint density at radius 1 is 1.32 bits per heavy atom. The number of hydrogen-bond donors (Lipinski definition) is 3. The van der Waals surface area contributed by atoms with Gasteiger partial charge in [0.15, 0.2) is 0 Å². The molecule has 0 saturated carbocycles. The Hall–Kier alpha value is -2.31. The van der Waals surface area contributed by atoms with Gasteiger partial charge < -0.3 is 20.9 Å². The first-order chi connectivity index (χ1) is 9.04. The third-order valence-corrected chi connectivity index (χ3v) is 2.36. The van der Waals surface area contributed by atoms with Crippen molar-refractivity contribution < 1.29 is 9.59 Å². The van der Waals surface area contributed by atoms with Gasteiger partial charge in [-0.25, -0.2) is 4.79 Å². The highest BCUT2D eigenvalue weighted by atomic mass is 16.2. The van der Waals surface area contributed by atoms with Crippen LogP contribution in [-0.2, 0) is 0 Å². The number of rotatable bonds is 5. The third-order valence-electron chi connectivity index (χ3n) is 2.36. The highest BCUT2D eigenvalue weighted by molar-refractivity contribution is 5.92. The zero-order valence-corrected chi connectivity index (χ0v) is 11.4. The van der Waals surface area contributed by atoms with E-state index in [1.165, 1.54) is 4.90 Å². The summed E-state index contributed by atoms with van der Waals surface area (Å²) in [6.45, 7) is 1.06. The van der Waals surface area contributed by atoms with Crippen LogP contribution in [-0.4, -0.2) is 56.1 Å². The van der Waals surface area contributed by atoms with Gasteiger partial charge in [-0.2, -0.15) is 0 Å². The summed E-state index contributed by atoms with van der Waals surface area (Å²) in [4.78, 5) is 28.1. The Morgan fingerprint density at radius 3 is 2.68 bits per heavy atom. The van der Waals surface area contributed by atoms with Crippen molar-refractivity contribution in [1.29, 1.82) is 0 Å². The van der Waals surface area contributed by atoms with Gasteiger partial charge in [0.25, 0.3) is 5.91 Å². The lowest BCUT2D eigenvalue weighted by Gasteiger charge is -2.12. The fraction of sp³-hybridized carbons (Fsp3) is 0.417. The van der Waals surface area contributed by atoms with Gasteiger partial charge >= 0.3 is 6.03 Å². The largest absolute Gasteiger partial charge is 0.383 e. The smallest absolute Gasteiger partial charge is 0.316 e. The van der Waals surface area contributed by atoms with E-state index in [0.29, 0.717) is 18.8 Å². The molecule has 0 fully saturated rings. The minimum absolute atomic E-state index is 0.137. The molecule has 3 amide bonds. The highest BCUT2D eigenvalue weighted by Gasteiger charge is 2.05. The first kappa shape index (κ1) is 14.7. The molecular formula is C12H19N5O2. The molecule has 1 rings (SSSR count). The van der Waals surface area contributed by atoms with Gasteiger partial charge in [0.2, 0.25) is 0 Å². The molecule has 7 nitrogen and oxygen atoms in total. The number of amides is 3. The Morgan fingerprint density at radius 2 is 2.05 bits per heavy atom. The van der Waals surface area contributed by atoms with Crippen LogP contribution in [0.15, 0.2) is 18.3 Å². The molecule has 0 radical (unpaired) electrons. The molecule has 0 saturated heterocycles. The van der Waals surface area contributed by atoms with Crippen LogP contribution in [0.25, 0.3) is 0 Å². The van der Waals surface area contributed by atoms with E-state index < -0.39 is 0 Å². The van der Waals surface area contributed by atoms with E-state index in [4.69, 9.17) is 0 Å². The molecule has 1 aromatic rings. The zero-order valence-electron chi connectivity index (χ0n) is 11.4. The molecule has 0 bridgehead atoms. The summed E-state index contributed by atoms with van der Waals surface area (Å²) in [5, 5.41) is 8.35. The molecule has 0 spiro atoms. The van der Waals surface area contributed by atoms with E-state index in [-0.39, 0.29) is 11.9 Å². The van der Waals surface area contributed by atoms with Crippen LogP contribution >= 0.6 is 0 Å². The van der Waals surface area contributed by atoms with Crippen LogP contribution in [0.5, 0.6) is 0 Å². The molecule has 0 aliphatic rings. The fourth-order valence-electron chi connectivity index (χ4n) is 1.33. The van der Waals surface area contributed by atoms with E-state index in [1.807, 2.05) is 0 Å². The van der Waals surface area contributed by atoms with Gasteiger partial charge in [-0.1, -0.05) is 0 Å². The number of nitrogens with zero attached hydrogens (tertiary/aromatic N) is 2. The van der Waals surface area contributed by atoms with Crippen molar-refractivity contribution in [2.24, 2.45) is 0 Å². The number of carbonyl (C=O) groups excluding carboxylic acids is 2. The molecular weight excluding hydrogens is 246 g/mol. The molecule has 0 atom stereocenters. The first-order valence-electron chi connectivity index (χ1n) is 5.91. The quantitative estimate of drug-likeness (QED) is 0.660. The Labute approximate surface area is 112 Å². The minimum Gasteiger partial charge on any atom is -0.383 e. The molecule has 104 valence electrons. The minimum atomic E-state index is -0.232. The second-order valence-electron chi connectivity index (χ2n) is 4.06. The van der Waals surface area contributed by atoms with Gasteiger partial charge in [-0.15, -0.1) is 0 Å². The highest BCUT2D eigenvalue weighted by Crippen LogP contribution is 2.07. The van der Waals surface area contributed by atoms with Crippen molar-refractivity contribution >= 4 is 17.6 Å². The molecule has 0 unspecified atom stereocenters. The summed E-state index contributed by atoms with van der Waals surface area (Å²) in [7, 11) is 4.92. The number of hydrogen-bond acceptors (Lipinski definition) is 4. The predicted molar refractivity (Wildman–Crippen MR) is 73.2 cm³/mol. The van der Waals surface area contributed by atoms with E-state index in [9.17, 15) is 9.59 Å². The lowest BCUT2D eigenvalue weighted by atomic mass is 10.3. The molecule has 3 N–H and O–H groups in total. The Bertz CT molecular complexity index is 448. The maximum Gasteiger partial charge on any atom is 0.316 e. The molecule has 0 aliphatic heterocycles.